The van der Waals surface area contributed by atoms with Gasteiger partial charge in [0.05, 0.1) is 10.6 Å². The number of ketones is 1. The molecule has 1 nitrogen and oxygen atoms in total. The second-order valence-corrected chi connectivity index (χ2v) is 4.30. The zero-order chi connectivity index (χ0) is 13.3. The molecule has 0 saturated heterocycles. The third-order valence-electron chi connectivity index (χ3n) is 2.64. The molecule has 0 heterocycles. The van der Waals surface area contributed by atoms with E-state index in [2.05, 4.69) is 0 Å². The fraction of sp³-hybridized carbons (Fsp3) is 0.0714. The van der Waals surface area contributed by atoms with E-state index in [9.17, 15) is 13.6 Å². The van der Waals surface area contributed by atoms with Gasteiger partial charge in [-0.3, -0.25) is 4.79 Å². The fourth-order valence-corrected chi connectivity index (χ4v) is 1.84. The van der Waals surface area contributed by atoms with Crippen molar-refractivity contribution in [1.29, 1.82) is 0 Å². The monoisotopic (exact) mass is 266 g/mol. The van der Waals surface area contributed by atoms with Gasteiger partial charge in [-0.25, -0.2) is 8.78 Å². The van der Waals surface area contributed by atoms with Gasteiger partial charge in [0.1, 0.15) is 5.82 Å². The Morgan fingerprint density at radius 3 is 2.56 bits per heavy atom. The summed E-state index contributed by atoms with van der Waals surface area (Å²) >= 11 is 5.62. The van der Waals surface area contributed by atoms with E-state index in [4.69, 9.17) is 11.6 Å². The highest BCUT2D eigenvalue weighted by molar-refractivity contribution is 6.31. The van der Waals surface area contributed by atoms with Crippen LogP contribution in [-0.4, -0.2) is 5.78 Å². The van der Waals surface area contributed by atoms with Crippen LogP contribution in [0.25, 0.3) is 0 Å². The molecule has 0 N–H and O–H groups in total. The standard InChI is InChI=1S/C14H9ClF2O/c1-8-5-6-9(16)7-11(8)14(18)10-3-2-4-12(15)13(10)17/h2-7H,1H3. The van der Waals surface area contributed by atoms with Gasteiger partial charge >= 0.3 is 0 Å². The van der Waals surface area contributed by atoms with Gasteiger partial charge in [-0.1, -0.05) is 23.7 Å². The lowest BCUT2D eigenvalue weighted by atomic mass is 9.98. The maximum atomic E-state index is 13.7. The maximum absolute atomic E-state index is 13.7. The average molecular weight is 267 g/mol. The number of halogens is 3. The van der Waals surface area contributed by atoms with Crippen LogP contribution < -0.4 is 0 Å². The van der Waals surface area contributed by atoms with E-state index in [0.29, 0.717) is 5.56 Å². The Balaban J connectivity index is 2.55. The summed E-state index contributed by atoms with van der Waals surface area (Å²) in [6.45, 7) is 1.66. The number of rotatable bonds is 2. The van der Waals surface area contributed by atoms with Crippen molar-refractivity contribution < 1.29 is 13.6 Å². The van der Waals surface area contributed by atoms with Crippen molar-refractivity contribution >= 4 is 17.4 Å². The number of carbonyl (C=O) groups excluding carboxylic acids is 1. The fourth-order valence-electron chi connectivity index (χ4n) is 1.66. The van der Waals surface area contributed by atoms with E-state index >= 15 is 0 Å². The zero-order valence-electron chi connectivity index (χ0n) is 9.51. The van der Waals surface area contributed by atoms with Crippen molar-refractivity contribution in [1.82, 2.24) is 0 Å². The minimum atomic E-state index is -0.784. The molecule has 0 bridgehead atoms. The molecule has 0 spiro atoms. The minimum absolute atomic E-state index is 0.130. The van der Waals surface area contributed by atoms with Crippen LogP contribution in [0.1, 0.15) is 21.5 Å². The van der Waals surface area contributed by atoms with Gasteiger partial charge in [0, 0.05) is 5.56 Å². The van der Waals surface area contributed by atoms with Crippen LogP contribution >= 0.6 is 11.6 Å². The van der Waals surface area contributed by atoms with E-state index in [1.807, 2.05) is 0 Å². The van der Waals surface area contributed by atoms with Crippen LogP contribution in [-0.2, 0) is 0 Å². The lowest BCUT2D eigenvalue weighted by molar-refractivity contribution is 0.103. The molecule has 0 saturated carbocycles. The quantitative estimate of drug-likeness (QED) is 0.746. The second-order valence-electron chi connectivity index (χ2n) is 3.89. The summed E-state index contributed by atoms with van der Waals surface area (Å²) in [5.41, 5.74) is 0.563. The molecule has 0 aromatic heterocycles. The van der Waals surface area contributed by atoms with Gasteiger partial charge in [0.2, 0.25) is 0 Å². The van der Waals surface area contributed by atoms with Crippen LogP contribution in [0.5, 0.6) is 0 Å². The number of carbonyl (C=O) groups is 1. The molecule has 2 aromatic rings. The SMILES string of the molecule is Cc1ccc(F)cc1C(=O)c1cccc(Cl)c1F. The summed E-state index contributed by atoms with van der Waals surface area (Å²) in [6.07, 6.45) is 0. The van der Waals surface area contributed by atoms with Crippen molar-refractivity contribution in [2.45, 2.75) is 6.92 Å². The number of hydrogen-bond acceptors (Lipinski definition) is 1. The Kier molecular flexibility index (Phi) is 3.43. The first-order valence-corrected chi connectivity index (χ1v) is 5.63. The molecule has 4 heteroatoms. The Bertz CT molecular complexity index is 619. The second kappa shape index (κ2) is 4.86. The van der Waals surface area contributed by atoms with Gasteiger partial charge in [-0.05, 0) is 36.8 Å². The van der Waals surface area contributed by atoms with Crippen molar-refractivity contribution in [2.24, 2.45) is 0 Å². The third kappa shape index (κ3) is 2.27. The van der Waals surface area contributed by atoms with Crippen LogP contribution in [0.3, 0.4) is 0 Å². The summed E-state index contributed by atoms with van der Waals surface area (Å²) < 4.78 is 26.9. The van der Waals surface area contributed by atoms with Gasteiger partial charge in [-0.15, -0.1) is 0 Å². The Labute approximate surface area is 108 Å². The molecule has 0 aliphatic carbocycles. The van der Waals surface area contributed by atoms with Crippen molar-refractivity contribution in [3.05, 3.63) is 69.7 Å². The molecule has 0 aliphatic rings. The normalized spacial score (nSPS) is 10.4. The molecule has 0 unspecified atom stereocenters. The highest BCUT2D eigenvalue weighted by Crippen LogP contribution is 2.22. The van der Waals surface area contributed by atoms with Gasteiger partial charge in [0.15, 0.2) is 11.6 Å². The number of aryl methyl sites for hydroxylation is 1. The predicted octanol–water partition coefficient (Wildman–Crippen LogP) is 4.16. The van der Waals surface area contributed by atoms with Gasteiger partial charge in [-0.2, -0.15) is 0 Å². The Morgan fingerprint density at radius 1 is 1.11 bits per heavy atom. The van der Waals surface area contributed by atoms with E-state index < -0.39 is 17.4 Å². The molecule has 0 atom stereocenters. The molecular formula is C14H9ClF2O. The minimum Gasteiger partial charge on any atom is -0.288 e. The van der Waals surface area contributed by atoms with Crippen molar-refractivity contribution in [2.75, 3.05) is 0 Å². The van der Waals surface area contributed by atoms with Crippen molar-refractivity contribution in [3.8, 4) is 0 Å². The van der Waals surface area contributed by atoms with Crippen LogP contribution in [0, 0.1) is 18.6 Å². The summed E-state index contributed by atoms with van der Waals surface area (Å²) in [7, 11) is 0. The number of hydrogen-bond donors (Lipinski definition) is 0. The molecule has 2 aromatic carbocycles. The third-order valence-corrected chi connectivity index (χ3v) is 2.93. The Morgan fingerprint density at radius 2 is 1.83 bits per heavy atom. The summed E-state index contributed by atoms with van der Waals surface area (Å²) in [4.78, 5) is 12.1. The van der Waals surface area contributed by atoms with E-state index in [0.717, 1.165) is 6.07 Å². The highest BCUT2D eigenvalue weighted by Gasteiger charge is 2.18. The van der Waals surface area contributed by atoms with Crippen LogP contribution in [0.4, 0.5) is 8.78 Å². The van der Waals surface area contributed by atoms with E-state index in [1.54, 1.807) is 6.92 Å². The molecule has 2 rings (SSSR count). The molecule has 0 amide bonds. The first-order valence-electron chi connectivity index (χ1n) is 5.25. The molecule has 0 aliphatic heterocycles. The molecule has 18 heavy (non-hydrogen) atoms. The predicted molar refractivity (Wildman–Crippen MR) is 66.0 cm³/mol. The topological polar surface area (TPSA) is 17.1 Å². The maximum Gasteiger partial charge on any atom is 0.196 e. The van der Waals surface area contributed by atoms with Crippen LogP contribution in [0.2, 0.25) is 5.02 Å². The van der Waals surface area contributed by atoms with Gasteiger partial charge < -0.3 is 0 Å². The molecular weight excluding hydrogens is 258 g/mol. The lowest BCUT2D eigenvalue weighted by Gasteiger charge is -2.07. The summed E-state index contributed by atoms with van der Waals surface area (Å²) in [5, 5.41) is -0.130. The lowest BCUT2D eigenvalue weighted by Crippen LogP contribution is -2.07. The van der Waals surface area contributed by atoms with Gasteiger partial charge in [0.25, 0.3) is 0 Å². The number of benzene rings is 2. The van der Waals surface area contributed by atoms with Crippen molar-refractivity contribution in [3.63, 3.8) is 0 Å². The summed E-state index contributed by atoms with van der Waals surface area (Å²) in [5.74, 6) is -1.90. The first kappa shape index (κ1) is 12.7. The Hall–Kier alpha value is -1.74. The van der Waals surface area contributed by atoms with E-state index in [-0.39, 0.29) is 16.1 Å². The highest BCUT2D eigenvalue weighted by atomic mass is 35.5. The van der Waals surface area contributed by atoms with E-state index in [1.165, 1.54) is 30.3 Å². The largest absolute Gasteiger partial charge is 0.288 e. The molecule has 0 fully saturated rings. The first-order chi connectivity index (χ1) is 8.50. The smallest absolute Gasteiger partial charge is 0.196 e. The van der Waals surface area contributed by atoms with Crippen LogP contribution in [0.15, 0.2) is 36.4 Å². The molecule has 0 radical (unpaired) electrons. The zero-order valence-corrected chi connectivity index (χ0v) is 10.3. The average Bonchev–Trinajstić information content (AvgIpc) is 2.35. The molecule has 92 valence electrons. The summed E-state index contributed by atoms with van der Waals surface area (Å²) in [6, 6.07) is 7.98.